The molecule has 1 atom stereocenters. The Morgan fingerprint density at radius 1 is 1.28 bits per heavy atom. The van der Waals surface area contributed by atoms with Crippen LogP contribution in [0.4, 0.5) is 0 Å². The highest BCUT2D eigenvalue weighted by Gasteiger charge is 2.37. The van der Waals surface area contributed by atoms with E-state index in [1.165, 1.54) is 29.7 Å². The third kappa shape index (κ3) is 2.34. The number of rotatable bonds is 4. The lowest BCUT2D eigenvalue weighted by Crippen LogP contribution is -2.35. The zero-order valence-corrected chi connectivity index (χ0v) is 13.5. The van der Waals surface area contributed by atoms with Crippen molar-refractivity contribution in [1.82, 2.24) is 0 Å². The Morgan fingerprint density at radius 2 is 1.94 bits per heavy atom. The van der Waals surface area contributed by atoms with Crippen LogP contribution in [0.3, 0.4) is 0 Å². The average Bonchev–Trinajstić information content (AvgIpc) is 2.32. The molecule has 0 bridgehead atoms. The highest BCUT2D eigenvalue weighted by Crippen LogP contribution is 2.47. The molecule has 0 aromatic heterocycles. The second-order valence-electron chi connectivity index (χ2n) is 6.58. The Balaban J connectivity index is 2.30. The normalized spacial score (nSPS) is 22.6. The second kappa shape index (κ2) is 4.59. The summed E-state index contributed by atoms with van der Waals surface area (Å²) in [5, 5.41) is 0. The van der Waals surface area contributed by atoms with Crippen molar-refractivity contribution in [1.29, 1.82) is 0 Å². The van der Waals surface area contributed by atoms with E-state index in [4.69, 9.17) is 0 Å². The van der Waals surface area contributed by atoms with Crippen molar-refractivity contribution >= 4 is 11.8 Å². The predicted octanol–water partition coefficient (Wildman–Crippen LogP) is 5.50. The van der Waals surface area contributed by atoms with Crippen LogP contribution in [0, 0.1) is 6.92 Å². The minimum atomic E-state index is 0.344. The van der Waals surface area contributed by atoms with Crippen molar-refractivity contribution in [3.05, 3.63) is 28.8 Å². The zero-order valence-electron chi connectivity index (χ0n) is 12.7. The minimum absolute atomic E-state index is 0.344. The molecule has 0 saturated heterocycles. The van der Waals surface area contributed by atoms with Gasteiger partial charge in [-0.1, -0.05) is 40.7 Å². The largest absolute Gasteiger partial charge is 0.120 e. The smallest absolute Gasteiger partial charge is 0.0148 e. The average molecular weight is 262 g/mol. The van der Waals surface area contributed by atoms with Crippen molar-refractivity contribution in [3.63, 3.8) is 0 Å². The first kappa shape index (κ1) is 14.0. The predicted molar refractivity (Wildman–Crippen MR) is 82.8 cm³/mol. The number of aryl methyl sites for hydroxylation is 1. The summed E-state index contributed by atoms with van der Waals surface area (Å²) in [6, 6.07) is 4.89. The fourth-order valence-corrected chi connectivity index (χ4v) is 3.80. The van der Waals surface area contributed by atoms with Gasteiger partial charge in [0, 0.05) is 9.64 Å². The molecular weight excluding hydrogens is 236 g/mol. The van der Waals surface area contributed by atoms with Gasteiger partial charge in [0.15, 0.2) is 0 Å². The number of fused-ring (bicyclic) bond motifs is 1. The Labute approximate surface area is 117 Å². The monoisotopic (exact) mass is 262 g/mol. The molecule has 0 spiro atoms. The van der Waals surface area contributed by atoms with Crippen molar-refractivity contribution in [2.45, 2.75) is 75.9 Å². The molecule has 1 aliphatic carbocycles. The first-order chi connectivity index (χ1) is 8.31. The van der Waals surface area contributed by atoms with Crippen LogP contribution in [0.25, 0.3) is 0 Å². The first-order valence-corrected chi connectivity index (χ1v) is 7.96. The van der Waals surface area contributed by atoms with E-state index in [-0.39, 0.29) is 0 Å². The number of thioether (sulfide) groups is 1. The van der Waals surface area contributed by atoms with Crippen LogP contribution in [-0.2, 0) is 11.8 Å². The van der Waals surface area contributed by atoms with Crippen LogP contribution in [0.1, 0.15) is 64.2 Å². The van der Waals surface area contributed by atoms with E-state index in [1.54, 1.807) is 11.1 Å². The maximum atomic E-state index is 2.45. The van der Waals surface area contributed by atoms with Crippen molar-refractivity contribution in [3.8, 4) is 0 Å². The van der Waals surface area contributed by atoms with E-state index in [9.17, 15) is 0 Å². The van der Waals surface area contributed by atoms with Gasteiger partial charge in [0.05, 0.1) is 0 Å². The second-order valence-corrected chi connectivity index (χ2v) is 8.33. The lowest BCUT2D eigenvalue weighted by atomic mass is 9.63. The first-order valence-electron chi connectivity index (χ1n) is 7.14. The highest BCUT2D eigenvalue weighted by molar-refractivity contribution is 8.00. The standard InChI is InChI=1S/C17H26S/c1-7-16(4,5)18-15-10-13-11-17(6,8-2)14(13)9-12(15)3/h9-10H,7-8,11H2,1-6H3. The summed E-state index contributed by atoms with van der Waals surface area (Å²) in [5.74, 6) is 0. The minimum Gasteiger partial charge on any atom is -0.120 e. The molecule has 0 nitrogen and oxygen atoms in total. The molecule has 2 rings (SSSR count). The number of hydrogen-bond donors (Lipinski definition) is 0. The van der Waals surface area contributed by atoms with Crippen LogP contribution in [-0.4, -0.2) is 4.75 Å². The Kier molecular flexibility index (Phi) is 3.57. The maximum Gasteiger partial charge on any atom is 0.0148 e. The summed E-state index contributed by atoms with van der Waals surface area (Å²) in [4.78, 5) is 1.48. The van der Waals surface area contributed by atoms with E-state index in [0.29, 0.717) is 10.2 Å². The molecule has 1 aliphatic rings. The number of benzene rings is 1. The van der Waals surface area contributed by atoms with E-state index in [2.05, 4.69) is 53.7 Å². The summed E-state index contributed by atoms with van der Waals surface area (Å²) >= 11 is 2.04. The third-order valence-electron chi connectivity index (χ3n) is 4.65. The summed E-state index contributed by atoms with van der Waals surface area (Å²) in [6.45, 7) is 13.9. The van der Waals surface area contributed by atoms with Gasteiger partial charge in [-0.15, -0.1) is 11.8 Å². The van der Waals surface area contributed by atoms with Crippen LogP contribution >= 0.6 is 11.8 Å². The van der Waals surface area contributed by atoms with Crippen LogP contribution < -0.4 is 0 Å². The molecule has 0 N–H and O–H groups in total. The van der Waals surface area contributed by atoms with Gasteiger partial charge in [-0.2, -0.15) is 0 Å². The molecule has 1 unspecified atom stereocenters. The summed E-state index contributed by atoms with van der Waals surface area (Å²) in [6.07, 6.45) is 3.73. The van der Waals surface area contributed by atoms with Gasteiger partial charge >= 0.3 is 0 Å². The highest BCUT2D eigenvalue weighted by atomic mass is 32.2. The molecule has 100 valence electrons. The summed E-state index contributed by atoms with van der Waals surface area (Å²) in [7, 11) is 0. The van der Waals surface area contributed by atoms with Crippen molar-refractivity contribution < 1.29 is 0 Å². The van der Waals surface area contributed by atoms with Gasteiger partial charge in [0.1, 0.15) is 0 Å². The summed E-state index contributed by atoms with van der Waals surface area (Å²) in [5.41, 5.74) is 5.09. The van der Waals surface area contributed by atoms with Crippen LogP contribution in [0.5, 0.6) is 0 Å². The van der Waals surface area contributed by atoms with Crippen molar-refractivity contribution in [2.75, 3.05) is 0 Å². The lowest BCUT2D eigenvalue weighted by Gasteiger charge is -2.42. The summed E-state index contributed by atoms with van der Waals surface area (Å²) < 4.78 is 0.344. The molecule has 0 heterocycles. The third-order valence-corrected chi connectivity index (χ3v) is 6.15. The van der Waals surface area contributed by atoms with E-state index in [1.807, 2.05) is 11.8 Å². The zero-order chi connectivity index (χ0) is 13.6. The van der Waals surface area contributed by atoms with E-state index in [0.717, 1.165) is 0 Å². The maximum absolute atomic E-state index is 2.45. The van der Waals surface area contributed by atoms with Crippen LogP contribution in [0.2, 0.25) is 0 Å². The van der Waals surface area contributed by atoms with Gasteiger partial charge in [0.25, 0.3) is 0 Å². The van der Waals surface area contributed by atoms with E-state index >= 15 is 0 Å². The fraction of sp³-hybridized carbons (Fsp3) is 0.647. The molecule has 0 amide bonds. The lowest BCUT2D eigenvalue weighted by molar-refractivity contribution is 0.394. The molecule has 0 fully saturated rings. The molecule has 0 radical (unpaired) electrons. The molecule has 18 heavy (non-hydrogen) atoms. The Hall–Kier alpha value is -0.430. The molecule has 0 saturated carbocycles. The van der Waals surface area contributed by atoms with E-state index < -0.39 is 0 Å². The van der Waals surface area contributed by atoms with Crippen LogP contribution in [0.15, 0.2) is 17.0 Å². The van der Waals surface area contributed by atoms with Gasteiger partial charge < -0.3 is 0 Å². The number of hydrogen-bond acceptors (Lipinski definition) is 1. The molecule has 0 aliphatic heterocycles. The fourth-order valence-electron chi connectivity index (χ4n) is 2.64. The van der Waals surface area contributed by atoms with Gasteiger partial charge in [-0.05, 0) is 54.4 Å². The van der Waals surface area contributed by atoms with Gasteiger partial charge in [-0.3, -0.25) is 0 Å². The quantitative estimate of drug-likeness (QED) is 0.646. The molecule has 1 aromatic rings. The van der Waals surface area contributed by atoms with Crippen molar-refractivity contribution in [2.24, 2.45) is 0 Å². The molecule has 1 heteroatoms. The Morgan fingerprint density at radius 3 is 2.50 bits per heavy atom. The van der Waals surface area contributed by atoms with Gasteiger partial charge in [0.2, 0.25) is 0 Å². The molecular formula is C17H26S. The van der Waals surface area contributed by atoms with Gasteiger partial charge in [-0.25, -0.2) is 0 Å². The topological polar surface area (TPSA) is 0 Å². The Bertz CT molecular complexity index is 459. The molecule has 1 aromatic carbocycles. The SMILES string of the molecule is CCC(C)(C)Sc1cc2c(cc1C)C(C)(CC)C2.